The molecule has 1 N–H and O–H groups in total. The monoisotopic (exact) mass is 478 g/mol. The van der Waals surface area contributed by atoms with Gasteiger partial charge in [-0.3, -0.25) is 4.79 Å². The van der Waals surface area contributed by atoms with Crippen molar-refractivity contribution >= 4 is 45.0 Å². The third-order valence-electron chi connectivity index (χ3n) is 4.67. The number of aromatic nitrogens is 4. The van der Waals surface area contributed by atoms with Crippen LogP contribution in [0.25, 0.3) is 5.69 Å². The van der Waals surface area contributed by atoms with Gasteiger partial charge in [0.1, 0.15) is 0 Å². The van der Waals surface area contributed by atoms with Crippen LogP contribution >= 0.6 is 23.4 Å². The average molecular weight is 479 g/mol. The van der Waals surface area contributed by atoms with Crippen molar-refractivity contribution in [3.63, 3.8) is 0 Å². The Bertz CT molecular complexity index is 1180. The van der Waals surface area contributed by atoms with Crippen molar-refractivity contribution in [2.75, 3.05) is 24.2 Å². The van der Waals surface area contributed by atoms with Crippen molar-refractivity contribution in [1.82, 2.24) is 24.5 Å². The van der Waals surface area contributed by atoms with Crippen LogP contribution in [0, 0.1) is 0 Å². The Morgan fingerprint density at radius 2 is 1.87 bits per heavy atom. The van der Waals surface area contributed by atoms with Gasteiger partial charge in [0.2, 0.25) is 21.1 Å². The van der Waals surface area contributed by atoms with E-state index in [1.165, 1.54) is 26.8 Å². The van der Waals surface area contributed by atoms with Gasteiger partial charge < -0.3 is 5.32 Å². The zero-order valence-corrected chi connectivity index (χ0v) is 18.7. The summed E-state index contributed by atoms with van der Waals surface area (Å²) in [4.78, 5) is 12.6. The first-order chi connectivity index (χ1) is 14.9. The zero-order valence-electron chi connectivity index (χ0n) is 16.3. The molecule has 0 spiro atoms. The van der Waals surface area contributed by atoms with E-state index in [-0.39, 0.29) is 16.6 Å². The van der Waals surface area contributed by atoms with Gasteiger partial charge in [-0.25, -0.2) is 8.42 Å². The predicted molar refractivity (Wildman–Crippen MR) is 118 cm³/mol. The molecule has 1 aromatic heterocycles. The lowest BCUT2D eigenvalue weighted by Crippen LogP contribution is -2.28. The molecule has 3 aromatic rings. The van der Waals surface area contributed by atoms with E-state index in [1.807, 2.05) is 0 Å². The number of nitrogens with one attached hydrogen (secondary N) is 1. The molecular weight excluding hydrogens is 460 g/mol. The Kier molecular flexibility index (Phi) is 6.56. The number of nitrogens with zero attached hydrogens (tertiary/aromatic N) is 5. The second-order valence-corrected chi connectivity index (χ2v) is 10.1. The summed E-state index contributed by atoms with van der Waals surface area (Å²) >= 11 is 7.07. The Morgan fingerprint density at radius 1 is 1.13 bits per heavy atom. The lowest BCUT2D eigenvalue weighted by molar-refractivity contribution is -0.113. The summed E-state index contributed by atoms with van der Waals surface area (Å²) in [5.41, 5.74) is 1.14. The van der Waals surface area contributed by atoms with Gasteiger partial charge >= 0.3 is 0 Å². The quantitative estimate of drug-likeness (QED) is 0.520. The third-order valence-corrected chi connectivity index (χ3v) is 7.73. The maximum absolute atomic E-state index is 12.7. The molecule has 12 heteroatoms. The molecule has 9 nitrogen and oxygen atoms in total. The minimum absolute atomic E-state index is 0.0526. The number of amides is 1. The van der Waals surface area contributed by atoms with E-state index in [4.69, 9.17) is 11.6 Å². The Morgan fingerprint density at radius 3 is 2.61 bits per heavy atom. The van der Waals surface area contributed by atoms with Crippen LogP contribution in [-0.2, 0) is 14.8 Å². The molecule has 2 aromatic carbocycles. The van der Waals surface area contributed by atoms with E-state index >= 15 is 0 Å². The summed E-state index contributed by atoms with van der Waals surface area (Å²) in [7, 11) is -3.55. The highest BCUT2D eigenvalue weighted by molar-refractivity contribution is 7.99. The maximum Gasteiger partial charge on any atom is 0.243 e. The molecule has 0 bridgehead atoms. The second kappa shape index (κ2) is 9.35. The third kappa shape index (κ3) is 5.06. The smallest absolute Gasteiger partial charge is 0.243 e. The fraction of sp³-hybridized carbons (Fsp3) is 0.263. The first kappa shape index (κ1) is 21.8. The van der Waals surface area contributed by atoms with E-state index < -0.39 is 10.0 Å². The van der Waals surface area contributed by atoms with Crippen LogP contribution in [0.3, 0.4) is 0 Å². The lowest BCUT2D eigenvalue weighted by atomic mass is 10.3. The van der Waals surface area contributed by atoms with Gasteiger partial charge in [0, 0.05) is 23.8 Å². The SMILES string of the molecule is O=C(CSc1nnnn1-c1ccc(Cl)cc1)Nc1cccc(S(=O)(=O)N2CCCC2)c1. The Labute approximate surface area is 188 Å². The van der Waals surface area contributed by atoms with Gasteiger partial charge in [-0.05, 0) is 65.7 Å². The largest absolute Gasteiger partial charge is 0.325 e. The molecule has 2 heterocycles. The van der Waals surface area contributed by atoms with Crippen molar-refractivity contribution in [3.05, 3.63) is 53.6 Å². The molecule has 1 aliphatic heterocycles. The molecule has 1 amide bonds. The standard InChI is InChI=1S/C19H19ClN6O3S2/c20-14-6-8-16(9-7-14)26-19(22-23-24-26)30-13-18(27)21-15-4-3-5-17(12-15)31(28,29)25-10-1-2-11-25/h3-9,12H,1-2,10-11,13H2,(H,21,27). The number of tetrazole rings is 1. The number of hydrogen-bond donors (Lipinski definition) is 1. The first-order valence-corrected chi connectivity index (χ1v) is 12.3. The number of benzene rings is 2. The second-order valence-electron chi connectivity index (χ2n) is 6.83. The molecule has 4 rings (SSSR count). The number of thioether (sulfide) groups is 1. The summed E-state index contributed by atoms with van der Waals surface area (Å²) < 4.78 is 28.4. The fourth-order valence-corrected chi connectivity index (χ4v) is 5.53. The van der Waals surface area contributed by atoms with Crippen LogP contribution in [0.2, 0.25) is 5.02 Å². The van der Waals surface area contributed by atoms with Gasteiger partial charge in [-0.1, -0.05) is 29.4 Å². The minimum atomic E-state index is -3.55. The van der Waals surface area contributed by atoms with Gasteiger partial charge in [-0.2, -0.15) is 8.99 Å². The molecule has 1 fully saturated rings. The topological polar surface area (TPSA) is 110 Å². The van der Waals surface area contributed by atoms with E-state index in [1.54, 1.807) is 42.5 Å². The maximum atomic E-state index is 12.7. The van der Waals surface area contributed by atoms with Gasteiger partial charge in [0.15, 0.2) is 0 Å². The molecule has 0 saturated carbocycles. The number of carbonyl (C=O) groups excluding carboxylic acids is 1. The van der Waals surface area contributed by atoms with Crippen LogP contribution in [0.15, 0.2) is 58.6 Å². The van der Waals surface area contributed by atoms with E-state index in [2.05, 4.69) is 20.8 Å². The molecule has 1 aliphatic rings. The number of carbonyl (C=O) groups is 1. The lowest BCUT2D eigenvalue weighted by Gasteiger charge is -2.16. The molecular formula is C19H19ClN6O3S2. The van der Waals surface area contributed by atoms with Crippen LogP contribution in [0.1, 0.15) is 12.8 Å². The Balaban J connectivity index is 1.40. The molecule has 0 aliphatic carbocycles. The van der Waals surface area contributed by atoms with Crippen LogP contribution in [0.4, 0.5) is 5.69 Å². The van der Waals surface area contributed by atoms with E-state index in [9.17, 15) is 13.2 Å². The molecule has 162 valence electrons. The van der Waals surface area contributed by atoms with Gasteiger partial charge in [0.25, 0.3) is 0 Å². The summed E-state index contributed by atoms with van der Waals surface area (Å²) in [5, 5.41) is 15.3. The Hall–Kier alpha value is -2.47. The predicted octanol–water partition coefficient (Wildman–Crippen LogP) is 2.83. The summed E-state index contributed by atoms with van der Waals surface area (Å²) in [5.74, 6) is -0.247. The molecule has 0 radical (unpaired) electrons. The number of rotatable bonds is 7. The normalized spacial score (nSPS) is 14.6. The average Bonchev–Trinajstić information content (AvgIpc) is 3.46. The molecule has 0 atom stereocenters. The summed E-state index contributed by atoms with van der Waals surface area (Å²) in [6, 6.07) is 13.3. The van der Waals surface area contributed by atoms with E-state index in [0.717, 1.165) is 18.5 Å². The fourth-order valence-electron chi connectivity index (χ4n) is 3.15. The van der Waals surface area contributed by atoms with Crippen LogP contribution < -0.4 is 5.32 Å². The summed E-state index contributed by atoms with van der Waals surface area (Å²) in [6.45, 7) is 1.05. The number of sulfonamides is 1. The number of halogens is 1. The number of anilines is 1. The molecule has 1 saturated heterocycles. The van der Waals surface area contributed by atoms with Gasteiger partial charge in [0.05, 0.1) is 16.3 Å². The van der Waals surface area contributed by atoms with Crippen molar-refractivity contribution in [3.8, 4) is 5.69 Å². The molecule has 0 unspecified atom stereocenters. The van der Waals surface area contributed by atoms with Crippen molar-refractivity contribution in [2.45, 2.75) is 22.9 Å². The van der Waals surface area contributed by atoms with Crippen molar-refractivity contribution in [2.24, 2.45) is 0 Å². The summed E-state index contributed by atoms with van der Waals surface area (Å²) in [6.07, 6.45) is 1.73. The highest BCUT2D eigenvalue weighted by atomic mass is 35.5. The van der Waals surface area contributed by atoms with Gasteiger partial charge in [-0.15, -0.1) is 5.10 Å². The zero-order chi connectivity index (χ0) is 21.8. The van der Waals surface area contributed by atoms with Crippen LogP contribution in [-0.4, -0.2) is 57.7 Å². The highest BCUT2D eigenvalue weighted by Gasteiger charge is 2.27. The first-order valence-electron chi connectivity index (χ1n) is 9.51. The minimum Gasteiger partial charge on any atom is -0.325 e. The molecule has 31 heavy (non-hydrogen) atoms. The highest BCUT2D eigenvalue weighted by Crippen LogP contribution is 2.24. The van der Waals surface area contributed by atoms with E-state index in [0.29, 0.717) is 29.0 Å². The van der Waals surface area contributed by atoms with Crippen LogP contribution in [0.5, 0.6) is 0 Å². The van der Waals surface area contributed by atoms with Crippen molar-refractivity contribution < 1.29 is 13.2 Å². The number of hydrogen-bond acceptors (Lipinski definition) is 7. The van der Waals surface area contributed by atoms with Crippen molar-refractivity contribution in [1.29, 1.82) is 0 Å².